The van der Waals surface area contributed by atoms with Crippen LogP contribution in [0, 0.1) is 0 Å². The highest BCUT2D eigenvalue weighted by Gasteiger charge is 2.24. The summed E-state index contributed by atoms with van der Waals surface area (Å²) in [7, 11) is 0. The Morgan fingerprint density at radius 1 is 0.344 bits per heavy atom. The van der Waals surface area contributed by atoms with Crippen LogP contribution in [0.4, 0.5) is 34.4 Å². The zero-order valence-corrected chi connectivity index (χ0v) is 32.2. The molecule has 0 aliphatic rings. The number of anilines is 6. The van der Waals surface area contributed by atoms with Crippen LogP contribution in [-0.2, 0) is 0 Å². The van der Waals surface area contributed by atoms with Crippen molar-refractivity contribution in [1.29, 1.82) is 0 Å². The maximum Gasteiger partial charge on any atom is 0.251 e. The zero-order valence-electron chi connectivity index (χ0n) is 32.2. The zero-order chi connectivity index (χ0) is 40.0. The van der Waals surface area contributed by atoms with Crippen molar-refractivity contribution in [1.82, 2.24) is 19.9 Å². The molecule has 5 aromatic heterocycles. The maximum atomic E-state index is 6.54. The van der Waals surface area contributed by atoms with E-state index in [9.17, 15) is 0 Å². The summed E-state index contributed by atoms with van der Waals surface area (Å²) < 4.78 is 19.3. The van der Waals surface area contributed by atoms with Crippen LogP contribution in [0.15, 0.2) is 196 Å². The monoisotopic (exact) mass is 786 g/mol. The quantitative estimate of drug-likeness (QED) is 0.163. The number of benzene rings is 8. The third-order valence-electron chi connectivity index (χ3n) is 11.6. The largest absolute Gasteiger partial charge is 0.456 e. The van der Waals surface area contributed by atoms with Crippen molar-refractivity contribution < 1.29 is 13.3 Å². The van der Waals surface area contributed by atoms with E-state index in [1.807, 2.05) is 60.7 Å². The fraction of sp³-hybridized carbons (Fsp3) is 0. The molecule has 0 fully saturated rings. The van der Waals surface area contributed by atoms with E-state index in [2.05, 4.69) is 119 Å². The third kappa shape index (κ3) is 5.20. The first kappa shape index (κ1) is 33.4. The lowest BCUT2D eigenvalue weighted by molar-refractivity contribution is 0.638. The predicted molar refractivity (Wildman–Crippen MR) is 244 cm³/mol. The van der Waals surface area contributed by atoms with Crippen molar-refractivity contribution in [3.63, 3.8) is 0 Å². The van der Waals surface area contributed by atoms with E-state index in [-0.39, 0.29) is 0 Å². The van der Waals surface area contributed by atoms with E-state index in [0.29, 0.717) is 34.1 Å². The van der Waals surface area contributed by atoms with Gasteiger partial charge in [-0.05, 0) is 59.3 Å². The van der Waals surface area contributed by atoms with E-state index >= 15 is 0 Å². The lowest BCUT2D eigenvalue weighted by Gasteiger charge is -2.25. The van der Waals surface area contributed by atoms with Gasteiger partial charge in [0, 0.05) is 44.5 Å². The van der Waals surface area contributed by atoms with Crippen LogP contribution in [0.2, 0.25) is 0 Å². The van der Waals surface area contributed by atoms with Gasteiger partial charge in [0.2, 0.25) is 0 Å². The molecule has 9 nitrogen and oxygen atoms in total. The first-order chi connectivity index (χ1) is 30.2. The molecule has 8 aromatic carbocycles. The molecule has 0 N–H and O–H groups in total. The van der Waals surface area contributed by atoms with Crippen molar-refractivity contribution >= 4 is 122 Å². The number of hydrogen-bond donors (Lipinski definition) is 0. The highest BCUT2D eigenvalue weighted by molar-refractivity contribution is 6.09. The number of nitrogens with zero attached hydrogens (tertiary/aromatic N) is 6. The second kappa shape index (κ2) is 13.0. The molecular weight excluding hydrogens is 757 g/mol. The van der Waals surface area contributed by atoms with Crippen LogP contribution >= 0.6 is 0 Å². The molecule has 0 radical (unpaired) electrons. The standard InChI is InChI=1S/C52H30N6O3/c1-3-15-35-31(11-1)13-9-19-41(35)57(33-23-25-39-37-17-5-7-21-43(37)59-45(39)27-33)47-29-53-49-50-52(61-51(49)55-47)56-48(30-54-50)58(42-20-10-14-32-12-2-4-16-36(32)42)34-24-26-40-38-18-6-8-22-44(38)60-46(40)28-34/h1-30H. The highest BCUT2D eigenvalue weighted by Crippen LogP contribution is 2.43. The molecule has 0 unspecified atom stereocenters. The summed E-state index contributed by atoms with van der Waals surface area (Å²) in [6.45, 7) is 0. The minimum absolute atomic E-state index is 0.320. The van der Waals surface area contributed by atoms with Gasteiger partial charge in [-0.2, -0.15) is 9.97 Å². The van der Waals surface area contributed by atoms with E-state index < -0.39 is 0 Å². The summed E-state index contributed by atoms with van der Waals surface area (Å²) in [6, 6.07) is 57.8. The van der Waals surface area contributed by atoms with E-state index in [1.165, 1.54) is 0 Å². The van der Waals surface area contributed by atoms with Crippen LogP contribution < -0.4 is 9.80 Å². The lowest BCUT2D eigenvalue weighted by atomic mass is 10.1. The number of fused-ring (bicyclic) bond motifs is 11. The molecule has 0 spiro atoms. The van der Waals surface area contributed by atoms with Gasteiger partial charge >= 0.3 is 0 Å². The fourth-order valence-electron chi connectivity index (χ4n) is 8.80. The average Bonchev–Trinajstić information content (AvgIpc) is 3.99. The Morgan fingerprint density at radius 2 is 0.754 bits per heavy atom. The number of aromatic nitrogens is 4. The molecule has 0 aliphatic carbocycles. The van der Waals surface area contributed by atoms with Crippen LogP contribution in [0.25, 0.3) is 87.9 Å². The molecule has 0 saturated carbocycles. The molecule has 13 rings (SSSR count). The highest BCUT2D eigenvalue weighted by atomic mass is 16.4. The van der Waals surface area contributed by atoms with Gasteiger partial charge in [-0.25, -0.2) is 9.97 Å². The molecule has 286 valence electrons. The van der Waals surface area contributed by atoms with Crippen LogP contribution in [0.3, 0.4) is 0 Å². The summed E-state index contributed by atoms with van der Waals surface area (Å²) in [6.07, 6.45) is 3.53. The second-order valence-corrected chi connectivity index (χ2v) is 15.1. The Morgan fingerprint density at radius 3 is 1.25 bits per heavy atom. The minimum atomic E-state index is 0.320. The Hall–Kier alpha value is -8.56. The SMILES string of the molecule is c1ccc2c(N(c3ccc4c(c3)oc3ccccc34)c3cnc4c(n3)oc3nc(N(c5ccc6c(c5)oc5ccccc56)c5cccc6ccccc56)cnc34)cccc2c1. The minimum Gasteiger partial charge on any atom is -0.456 e. The van der Waals surface area contributed by atoms with Crippen LogP contribution in [-0.4, -0.2) is 19.9 Å². The predicted octanol–water partition coefficient (Wildman–Crippen LogP) is 14.2. The van der Waals surface area contributed by atoms with Crippen LogP contribution in [0.1, 0.15) is 0 Å². The van der Waals surface area contributed by atoms with E-state index in [0.717, 1.165) is 88.2 Å². The molecule has 9 heteroatoms. The normalized spacial score (nSPS) is 11.9. The van der Waals surface area contributed by atoms with Gasteiger partial charge in [-0.1, -0.05) is 109 Å². The van der Waals surface area contributed by atoms with Crippen molar-refractivity contribution in [3.05, 3.63) is 182 Å². The van der Waals surface area contributed by atoms with Gasteiger partial charge in [0.1, 0.15) is 22.3 Å². The second-order valence-electron chi connectivity index (χ2n) is 15.1. The van der Waals surface area contributed by atoms with Gasteiger partial charge in [0.15, 0.2) is 22.7 Å². The first-order valence-corrected chi connectivity index (χ1v) is 20.0. The Labute approximate surface area is 346 Å². The number of rotatable bonds is 6. The summed E-state index contributed by atoms with van der Waals surface area (Å²) in [5.74, 6) is 1.13. The maximum absolute atomic E-state index is 6.54. The lowest BCUT2D eigenvalue weighted by Crippen LogP contribution is -2.12. The molecule has 5 heterocycles. The smallest absolute Gasteiger partial charge is 0.251 e. The van der Waals surface area contributed by atoms with Gasteiger partial charge in [0.05, 0.1) is 35.1 Å². The summed E-state index contributed by atoms with van der Waals surface area (Å²) in [4.78, 5) is 24.4. The number of para-hydroxylation sites is 2. The van der Waals surface area contributed by atoms with Crippen LogP contribution in [0.5, 0.6) is 0 Å². The average molecular weight is 787 g/mol. The number of furan rings is 3. The molecule has 0 atom stereocenters. The summed E-state index contributed by atoms with van der Waals surface area (Å²) in [5.41, 5.74) is 8.49. The van der Waals surface area contributed by atoms with Crippen molar-refractivity contribution in [2.45, 2.75) is 0 Å². The molecule has 61 heavy (non-hydrogen) atoms. The molecule has 0 aliphatic heterocycles. The molecule has 0 amide bonds. The molecular formula is C52H30N6O3. The van der Waals surface area contributed by atoms with E-state index in [1.54, 1.807) is 12.4 Å². The molecule has 0 saturated heterocycles. The van der Waals surface area contributed by atoms with Crippen molar-refractivity contribution in [2.75, 3.05) is 9.80 Å². The Balaban J connectivity index is 0.981. The molecule has 0 bridgehead atoms. The first-order valence-electron chi connectivity index (χ1n) is 20.0. The number of hydrogen-bond acceptors (Lipinski definition) is 9. The van der Waals surface area contributed by atoms with Crippen molar-refractivity contribution in [3.8, 4) is 0 Å². The Bertz CT molecular complexity index is 3620. The van der Waals surface area contributed by atoms with Gasteiger partial charge in [-0.15, -0.1) is 0 Å². The summed E-state index contributed by atoms with van der Waals surface area (Å²) in [5, 5.41) is 8.54. The molecule has 13 aromatic rings. The summed E-state index contributed by atoms with van der Waals surface area (Å²) >= 11 is 0. The fourth-order valence-corrected chi connectivity index (χ4v) is 8.80. The topological polar surface area (TPSA) is 97.5 Å². The van der Waals surface area contributed by atoms with Gasteiger partial charge in [-0.3, -0.25) is 9.80 Å². The van der Waals surface area contributed by atoms with Crippen molar-refractivity contribution in [2.24, 2.45) is 0 Å². The van der Waals surface area contributed by atoms with Gasteiger partial charge < -0.3 is 13.3 Å². The third-order valence-corrected chi connectivity index (χ3v) is 11.6. The van der Waals surface area contributed by atoms with E-state index in [4.69, 9.17) is 33.2 Å². The Kier molecular flexibility index (Phi) is 7.11. The van der Waals surface area contributed by atoms with Gasteiger partial charge in [0.25, 0.3) is 11.4 Å².